The first-order chi connectivity index (χ1) is 6.61. The molecule has 0 aliphatic rings. The van der Waals surface area contributed by atoms with Crippen LogP contribution in [0.5, 0.6) is 5.06 Å². The van der Waals surface area contributed by atoms with Crippen LogP contribution < -0.4 is 0 Å². The van der Waals surface area contributed by atoms with Gasteiger partial charge in [-0.2, -0.15) is 0 Å². The van der Waals surface area contributed by atoms with Gasteiger partial charge in [0, 0.05) is 16.3 Å². The van der Waals surface area contributed by atoms with Gasteiger partial charge in [0.1, 0.15) is 0 Å². The Morgan fingerprint density at radius 1 is 1.50 bits per heavy atom. The van der Waals surface area contributed by atoms with Crippen molar-refractivity contribution in [2.45, 2.75) is 6.92 Å². The molecular weight excluding hydrogens is 202 g/mol. The minimum absolute atomic E-state index is 0.0524. The van der Waals surface area contributed by atoms with E-state index in [0.29, 0.717) is 10.9 Å². The van der Waals surface area contributed by atoms with E-state index in [1.807, 2.05) is 0 Å². The number of nitrogens with zero attached hydrogens (tertiary/aromatic N) is 1. The Kier molecular flexibility index (Phi) is 1.89. The molecule has 0 bridgehead atoms. The van der Waals surface area contributed by atoms with Crippen molar-refractivity contribution in [3.63, 3.8) is 0 Å². The van der Waals surface area contributed by atoms with Gasteiger partial charge in [0.25, 0.3) is 5.69 Å². The molecule has 0 radical (unpaired) electrons. The van der Waals surface area contributed by atoms with E-state index in [1.54, 1.807) is 19.1 Å². The van der Waals surface area contributed by atoms with E-state index in [-0.39, 0.29) is 10.8 Å². The summed E-state index contributed by atoms with van der Waals surface area (Å²) in [5, 5.41) is 20.8. The Morgan fingerprint density at radius 3 is 2.86 bits per heavy atom. The number of hydrogen-bond donors (Lipinski definition) is 1. The number of hydrogen-bond acceptors (Lipinski definition) is 4. The summed E-state index contributed by atoms with van der Waals surface area (Å²) in [4.78, 5) is 10.3. The lowest BCUT2D eigenvalue weighted by Crippen LogP contribution is -1.88. The third-order valence-corrected chi connectivity index (χ3v) is 3.16. The highest BCUT2D eigenvalue weighted by Gasteiger charge is 2.17. The third kappa shape index (κ3) is 1.13. The molecule has 1 N–H and O–H groups in total. The molecular formula is C9H7NO3S. The lowest BCUT2D eigenvalue weighted by atomic mass is 10.1. The van der Waals surface area contributed by atoms with Crippen LogP contribution in [0.15, 0.2) is 18.2 Å². The Balaban J connectivity index is 2.91. The highest BCUT2D eigenvalue weighted by atomic mass is 32.1. The van der Waals surface area contributed by atoms with E-state index in [1.165, 1.54) is 6.07 Å². The minimum atomic E-state index is -0.429. The molecule has 0 aliphatic heterocycles. The normalized spacial score (nSPS) is 10.6. The van der Waals surface area contributed by atoms with Gasteiger partial charge in [-0.05, 0) is 13.0 Å². The summed E-state index contributed by atoms with van der Waals surface area (Å²) >= 11 is 1.16. The largest absolute Gasteiger partial charge is 0.499 e. The highest BCUT2D eigenvalue weighted by Crippen LogP contribution is 2.40. The van der Waals surface area contributed by atoms with E-state index in [4.69, 9.17) is 0 Å². The van der Waals surface area contributed by atoms with Gasteiger partial charge in [0.2, 0.25) is 0 Å². The molecule has 0 unspecified atom stereocenters. The number of rotatable bonds is 1. The maximum absolute atomic E-state index is 10.7. The van der Waals surface area contributed by atoms with Gasteiger partial charge in [-0.25, -0.2) is 0 Å². The molecule has 0 fully saturated rings. The van der Waals surface area contributed by atoms with Crippen molar-refractivity contribution in [1.29, 1.82) is 0 Å². The summed E-state index contributed by atoms with van der Waals surface area (Å²) in [6.07, 6.45) is 0. The molecule has 72 valence electrons. The van der Waals surface area contributed by atoms with Crippen molar-refractivity contribution in [2.75, 3.05) is 0 Å². The predicted octanol–water partition coefficient (Wildman–Crippen LogP) is 2.82. The standard InChI is InChI=1S/C9H7NO3S/c1-5-8-6(10(12)13)3-2-4-7(8)14-9(5)11/h2-4,11H,1H3. The quantitative estimate of drug-likeness (QED) is 0.580. The van der Waals surface area contributed by atoms with E-state index < -0.39 is 4.92 Å². The van der Waals surface area contributed by atoms with Gasteiger partial charge in [-0.3, -0.25) is 10.1 Å². The molecule has 0 saturated heterocycles. The SMILES string of the molecule is Cc1c(O)sc2cccc([N+](=O)[O-])c12. The number of fused-ring (bicyclic) bond motifs is 1. The van der Waals surface area contributed by atoms with Crippen LogP contribution in [-0.2, 0) is 0 Å². The zero-order valence-corrected chi connectivity index (χ0v) is 8.17. The van der Waals surface area contributed by atoms with E-state index in [0.717, 1.165) is 16.0 Å². The Labute approximate surface area is 83.6 Å². The fourth-order valence-electron chi connectivity index (χ4n) is 1.42. The second-order valence-electron chi connectivity index (χ2n) is 2.94. The fraction of sp³-hybridized carbons (Fsp3) is 0.111. The molecule has 0 amide bonds. The van der Waals surface area contributed by atoms with Crippen LogP contribution in [0, 0.1) is 17.0 Å². The summed E-state index contributed by atoms with van der Waals surface area (Å²) in [7, 11) is 0. The Hall–Kier alpha value is -1.62. The zero-order chi connectivity index (χ0) is 10.3. The number of thiophene rings is 1. The molecule has 4 nitrogen and oxygen atoms in total. The molecule has 5 heteroatoms. The number of benzene rings is 1. The first-order valence-corrected chi connectivity index (χ1v) is 4.78. The molecule has 2 rings (SSSR count). The van der Waals surface area contributed by atoms with Gasteiger partial charge < -0.3 is 5.11 Å². The maximum Gasteiger partial charge on any atom is 0.278 e. The molecule has 0 atom stereocenters. The monoisotopic (exact) mass is 209 g/mol. The third-order valence-electron chi connectivity index (χ3n) is 2.10. The Morgan fingerprint density at radius 2 is 2.21 bits per heavy atom. The smallest absolute Gasteiger partial charge is 0.278 e. The highest BCUT2D eigenvalue weighted by molar-refractivity contribution is 7.21. The number of non-ortho nitro benzene ring substituents is 1. The molecule has 1 aromatic carbocycles. The summed E-state index contributed by atoms with van der Waals surface area (Å²) in [5.74, 6) is 0. The number of aryl methyl sites for hydroxylation is 1. The minimum Gasteiger partial charge on any atom is -0.499 e. The predicted molar refractivity (Wildman–Crippen MR) is 54.9 cm³/mol. The van der Waals surface area contributed by atoms with Crippen LogP contribution in [0.25, 0.3) is 10.1 Å². The lowest BCUT2D eigenvalue weighted by Gasteiger charge is -1.94. The Bertz CT molecular complexity index is 518. The van der Waals surface area contributed by atoms with E-state index in [9.17, 15) is 15.2 Å². The van der Waals surface area contributed by atoms with Crippen LogP contribution in [0.1, 0.15) is 5.56 Å². The van der Waals surface area contributed by atoms with Crippen LogP contribution in [-0.4, -0.2) is 10.0 Å². The molecule has 2 aromatic rings. The molecule has 0 aliphatic carbocycles. The average molecular weight is 209 g/mol. The molecule has 1 aromatic heterocycles. The van der Waals surface area contributed by atoms with E-state index >= 15 is 0 Å². The summed E-state index contributed by atoms with van der Waals surface area (Å²) < 4.78 is 0.745. The number of nitro benzene ring substituents is 1. The fourth-order valence-corrected chi connectivity index (χ4v) is 2.39. The van der Waals surface area contributed by atoms with Crippen LogP contribution in [0.4, 0.5) is 5.69 Å². The van der Waals surface area contributed by atoms with Gasteiger partial charge >= 0.3 is 0 Å². The summed E-state index contributed by atoms with van der Waals surface area (Å²) in [6, 6.07) is 4.83. The average Bonchev–Trinajstić information content (AvgIpc) is 2.43. The first kappa shape index (κ1) is 8.96. The summed E-state index contributed by atoms with van der Waals surface area (Å²) in [5.41, 5.74) is 0.633. The van der Waals surface area contributed by atoms with Crippen LogP contribution in [0.2, 0.25) is 0 Å². The van der Waals surface area contributed by atoms with E-state index in [2.05, 4.69) is 0 Å². The summed E-state index contributed by atoms with van der Waals surface area (Å²) in [6.45, 7) is 1.68. The number of nitro groups is 1. The molecule has 0 spiro atoms. The van der Waals surface area contributed by atoms with Crippen LogP contribution >= 0.6 is 11.3 Å². The van der Waals surface area contributed by atoms with Crippen molar-refractivity contribution in [3.05, 3.63) is 33.9 Å². The van der Waals surface area contributed by atoms with Gasteiger partial charge in [-0.15, -0.1) is 0 Å². The second-order valence-corrected chi connectivity index (χ2v) is 3.97. The van der Waals surface area contributed by atoms with Gasteiger partial charge in [0.05, 0.1) is 10.3 Å². The van der Waals surface area contributed by atoms with Crippen molar-refractivity contribution < 1.29 is 10.0 Å². The molecule has 1 heterocycles. The topological polar surface area (TPSA) is 63.4 Å². The molecule has 14 heavy (non-hydrogen) atoms. The zero-order valence-electron chi connectivity index (χ0n) is 7.35. The first-order valence-electron chi connectivity index (χ1n) is 3.96. The van der Waals surface area contributed by atoms with Crippen molar-refractivity contribution in [2.24, 2.45) is 0 Å². The lowest BCUT2D eigenvalue weighted by molar-refractivity contribution is -0.383. The van der Waals surface area contributed by atoms with Crippen molar-refractivity contribution in [3.8, 4) is 5.06 Å². The second kappa shape index (κ2) is 2.95. The maximum atomic E-state index is 10.7. The van der Waals surface area contributed by atoms with Gasteiger partial charge in [-0.1, -0.05) is 17.4 Å². The van der Waals surface area contributed by atoms with Gasteiger partial charge in [0.15, 0.2) is 5.06 Å². The van der Waals surface area contributed by atoms with Crippen LogP contribution in [0.3, 0.4) is 0 Å². The molecule has 0 saturated carbocycles. The van der Waals surface area contributed by atoms with Crippen molar-refractivity contribution >= 4 is 27.1 Å². The number of aromatic hydroxyl groups is 1. The van der Waals surface area contributed by atoms with Crippen molar-refractivity contribution in [1.82, 2.24) is 0 Å².